The first-order valence-electron chi connectivity index (χ1n) is 3.57. The van der Waals surface area contributed by atoms with E-state index in [1.165, 1.54) is 12.8 Å². The summed E-state index contributed by atoms with van der Waals surface area (Å²) in [6.45, 7) is 4.97. The van der Waals surface area contributed by atoms with Crippen molar-refractivity contribution in [1.29, 1.82) is 5.41 Å². The van der Waals surface area contributed by atoms with E-state index in [-0.39, 0.29) is 0 Å². The molecular weight excluding hydrogens is 112 g/mol. The second-order valence-corrected chi connectivity index (χ2v) is 2.60. The molecule has 0 bridgehead atoms. The van der Waals surface area contributed by atoms with Crippen LogP contribution in [0.5, 0.6) is 0 Å². The summed E-state index contributed by atoms with van der Waals surface area (Å²) in [5, 5.41) is 7.35. The van der Waals surface area contributed by atoms with E-state index in [1.54, 1.807) is 0 Å². The quantitative estimate of drug-likeness (QED) is 0.440. The molecule has 0 amide bonds. The molecule has 1 aliphatic carbocycles. The fourth-order valence-corrected chi connectivity index (χ4v) is 1.16. The molecule has 0 aromatic carbocycles. The highest BCUT2D eigenvalue weighted by molar-refractivity contribution is 5.76. The van der Waals surface area contributed by atoms with Gasteiger partial charge in [0.15, 0.2) is 0 Å². The SMILES string of the molecule is CCN(C(C)=N)C1CC1. The third kappa shape index (κ3) is 1.44. The van der Waals surface area contributed by atoms with Crippen LogP contribution in [0.3, 0.4) is 0 Å². The Bertz CT molecular complexity index is 116. The Morgan fingerprint density at radius 1 is 1.67 bits per heavy atom. The highest BCUT2D eigenvalue weighted by Crippen LogP contribution is 2.26. The molecule has 0 aromatic rings. The molecule has 0 unspecified atom stereocenters. The van der Waals surface area contributed by atoms with E-state index in [9.17, 15) is 0 Å². The summed E-state index contributed by atoms with van der Waals surface area (Å²) < 4.78 is 0. The Labute approximate surface area is 56.4 Å². The Morgan fingerprint density at radius 3 is 2.33 bits per heavy atom. The number of amidine groups is 1. The maximum atomic E-state index is 7.35. The normalized spacial score (nSPS) is 17.6. The zero-order valence-electron chi connectivity index (χ0n) is 6.15. The molecule has 0 aromatic heterocycles. The number of nitrogens with zero attached hydrogens (tertiary/aromatic N) is 1. The van der Waals surface area contributed by atoms with Crippen LogP contribution in [0.25, 0.3) is 0 Å². The number of nitrogens with one attached hydrogen (secondary N) is 1. The average molecular weight is 126 g/mol. The highest BCUT2D eigenvalue weighted by Gasteiger charge is 2.27. The first-order chi connectivity index (χ1) is 4.25. The molecule has 1 N–H and O–H groups in total. The minimum Gasteiger partial charge on any atom is -0.358 e. The van der Waals surface area contributed by atoms with Crippen molar-refractivity contribution in [3.05, 3.63) is 0 Å². The molecule has 2 nitrogen and oxygen atoms in total. The zero-order chi connectivity index (χ0) is 6.85. The molecule has 0 atom stereocenters. The third-order valence-electron chi connectivity index (χ3n) is 1.76. The van der Waals surface area contributed by atoms with E-state index in [0.717, 1.165) is 12.4 Å². The highest BCUT2D eigenvalue weighted by atomic mass is 15.2. The standard InChI is InChI=1S/C7H14N2/c1-3-9(6(2)8)7-4-5-7/h7-8H,3-5H2,1-2H3. The summed E-state index contributed by atoms with van der Waals surface area (Å²) >= 11 is 0. The van der Waals surface area contributed by atoms with Crippen LogP contribution in [-0.4, -0.2) is 23.3 Å². The monoisotopic (exact) mass is 126 g/mol. The lowest BCUT2D eigenvalue weighted by molar-refractivity contribution is 0.426. The van der Waals surface area contributed by atoms with Crippen LogP contribution in [0.15, 0.2) is 0 Å². The second-order valence-electron chi connectivity index (χ2n) is 2.60. The van der Waals surface area contributed by atoms with Crippen molar-refractivity contribution in [2.45, 2.75) is 32.7 Å². The van der Waals surface area contributed by atoms with Gasteiger partial charge in [0.25, 0.3) is 0 Å². The van der Waals surface area contributed by atoms with Crippen molar-refractivity contribution in [3.8, 4) is 0 Å². The van der Waals surface area contributed by atoms with Gasteiger partial charge in [-0.3, -0.25) is 5.41 Å². The molecule has 2 heteroatoms. The minimum absolute atomic E-state index is 0.715. The van der Waals surface area contributed by atoms with Crippen LogP contribution in [0, 0.1) is 5.41 Å². The molecule has 0 radical (unpaired) electrons. The van der Waals surface area contributed by atoms with Crippen molar-refractivity contribution in [1.82, 2.24) is 4.90 Å². The summed E-state index contributed by atoms with van der Waals surface area (Å²) in [6, 6.07) is 0.715. The number of rotatable bonds is 2. The van der Waals surface area contributed by atoms with Crippen molar-refractivity contribution in [3.63, 3.8) is 0 Å². The molecule has 9 heavy (non-hydrogen) atoms. The van der Waals surface area contributed by atoms with Crippen molar-refractivity contribution in [2.24, 2.45) is 0 Å². The van der Waals surface area contributed by atoms with E-state index in [0.29, 0.717) is 6.04 Å². The first-order valence-corrected chi connectivity index (χ1v) is 3.57. The lowest BCUT2D eigenvalue weighted by atomic mass is 10.4. The molecule has 0 aliphatic heterocycles. The van der Waals surface area contributed by atoms with Gasteiger partial charge >= 0.3 is 0 Å². The fraction of sp³-hybridized carbons (Fsp3) is 0.857. The van der Waals surface area contributed by atoms with Gasteiger partial charge in [-0.15, -0.1) is 0 Å². The molecule has 0 heterocycles. The first kappa shape index (κ1) is 6.59. The Kier molecular flexibility index (Phi) is 1.74. The lowest BCUT2D eigenvalue weighted by Gasteiger charge is -2.19. The van der Waals surface area contributed by atoms with Crippen LogP contribution >= 0.6 is 0 Å². The smallest absolute Gasteiger partial charge is 0.0928 e. The van der Waals surface area contributed by atoms with Gasteiger partial charge in [-0.1, -0.05) is 0 Å². The molecule has 1 fully saturated rings. The van der Waals surface area contributed by atoms with Gasteiger partial charge in [-0.2, -0.15) is 0 Å². The maximum absolute atomic E-state index is 7.35. The van der Waals surface area contributed by atoms with Gasteiger partial charge in [-0.25, -0.2) is 0 Å². The molecule has 0 saturated heterocycles. The van der Waals surface area contributed by atoms with Crippen LogP contribution in [0.4, 0.5) is 0 Å². The lowest BCUT2D eigenvalue weighted by Crippen LogP contribution is -2.29. The van der Waals surface area contributed by atoms with Gasteiger partial charge in [-0.05, 0) is 26.7 Å². The molecule has 1 saturated carbocycles. The summed E-state index contributed by atoms with van der Waals surface area (Å²) in [6.07, 6.45) is 2.59. The van der Waals surface area contributed by atoms with Crippen molar-refractivity contribution < 1.29 is 0 Å². The van der Waals surface area contributed by atoms with Gasteiger partial charge in [0.1, 0.15) is 0 Å². The Hall–Kier alpha value is -0.530. The van der Waals surface area contributed by atoms with E-state index in [1.807, 2.05) is 6.92 Å². The zero-order valence-corrected chi connectivity index (χ0v) is 6.15. The molecular formula is C7H14N2. The third-order valence-corrected chi connectivity index (χ3v) is 1.76. The predicted molar refractivity (Wildman–Crippen MR) is 38.8 cm³/mol. The molecule has 1 aliphatic rings. The van der Waals surface area contributed by atoms with Gasteiger partial charge in [0.05, 0.1) is 5.84 Å². The topological polar surface area (TPSA) is 27.1 Å². The number of hydrogen-bond acceptors (Lipinski definition) is 1. The van der Waals surface area contributed by atoms with Gasteiger partial charge in [0, 0.05) is 12.6 Å². The van der Waals surface area contributed by atoms with Crippen molar-refractivity contribution >= 4 is 5.84 Å². The van der Waals surface area contributed by atoms with Gasteiger partial charge in [0.2, 0.25) is 0 Å². The van der Waals surface area contributed by atoms with E-state index in [4.69, 9.17) is 5.41 Å². The van der Waals surface area contributed by atoms with Crippen molar-refractivity contribution in [2.75, 3.05) is 6.54 Å². The minimum atomic E-state index is 0.715. The molecule has 1 rings (SSSR count). The van der Waals surface area contributed by atoms with E-state index >= 15 is 0 Å². The Balaban J connectivity index is 2.37. The van der Waals surface area contributed by atoms with Crippen LogP contribution < -0.4 is 0 Å². The Morgan fingerprint density at radius 2 is 2.22 bits per heavy atom. The maximum Gasteiger partial charge on any atom is 0.0928 e. The van der Waals surface area contributed by atoms with Gasteiger partial charge < -0.3 is 4.90 Å². The molecule has 0 spiro atoms. The van der Waals surface area contributed by atoms with Crippen LogP contribution in [0.2, 0.25) is 0 Å². The summed E-state index contributed by atoms with van der Waals surface area (Å²) in [4.78, 5) is 2.15. The van der Waals surface area contributed by atoms with E-state index in [2.05, 4.69) is 11.8 Å². The van der Waals surface area contributed by atoms with E-state index < -0.39 is 0 Å². The summed E-state index contributed by atoms with van der Waals surface area (Å²) in [5.41, 5.74) is 0. The van der Waals surface area contributed by atoms with Crippen LogP contribution in [0.1, 0.15) is 26.7 Å². The fourth-order valence-electron chi connectivity index (χ4n) is 1.16. The molecule has 52 valence electrons. The second kappa shape index (κ2) is 2.38. The average Bonchev–Trinajstić information content (AvgIpc) is 2.50. The largest absolute Gasteiger partial charge is 0.358 e. The number of hydrogen-bond donors (Lipinski definition) is 1. The summed E-state index contributed by atoms with van der Waals surface area (Å²) in [5.74, 6) is 0.722. The predicted octanol–water partition coefficient (Wildman–Crippen LogP) is 1.47. The summed E-state index contributed by atoms with van der Waals surface area (Å²) in [7, 11) is 0. The van der Waals surface area contributed by atoms with Crippen LogP contribution in [-0.2, 0) is 0 Å².